The van der Waals surface area contributed by atoms with Gasteiger partial charge in [0.2, 0.25) is 11.8 Å². The third kappa shape index (κ3) is 4.42. The molecule has 3 aliphatic rings. The maximum Gasteiger partial charge on any atom is 0.238 e. The van der Waals surface area contributed by atoms with Crippen LogP contribution in [0.5, 0.6) is 0 Å². The first kappa shape index (κ1) is 26.4. The molecule has 2 amide bonds. The average Bonchev–Trinajstić information content (AvgIpc) is 3.24. The van der Waals surface area contributed by atoms with Crippen LogP contribution in [0.3, 0.4) is 0 Å². The Morgan fingerprint density at radius 1 is 1.14 bits per heavy atom. The first-order valence-corrected chi connectivity index (χ1v) is 13.1. The molecule has 198 valence electrons. The largest absolute Gasteiger partial charge is 0.393 e. The molecule has 0 aromatic heterocycles. The molecule has 0 unspecified atom stereocenters. The maximum absolute atomic E-state index is 14.9. The van der Waals surface area contributed by atoms with E-state index in [1.165, 1.54) is 30.3 Å². The van der Waals surface area contributed by atoms with E-state index in [2.05, 4.69) is 16.0 Å². The number of halogens is 4. The molecule has 4 N–H and O–H groups in total. The molecule has 1 saturated carbocycles. The van der Waals surface area contributed by atoms with Crippen LogP contribution in [0.15, 0.2) is 30.3 Å². The second-order valence-corrected chi connectivity index (χ2v) is 12.4. The van der Waals surface area contributed by atoms with E-state index in [9.17, 15) is 23.5 Å². The quantitative estimate of drug-likeness (QED) is 0.444. The Morgan fingerprint density at radius 3 is 2.43 bits per heavy atom. The van der Waals surface area contributed by atoms with Gasteiger partial charge in [-0.1, -0.05) is 50.0 Å². The minimum Gasteiger partial charge on any atom is -0.393 e. The van der Waals surface area contributed by atoms with Gasteiger partial charge in [-0.15, -0.1) is 0 Å². The minimum atomic E-state index is -1.41. The van der Waals surface area contributed by atoms with Gasteiger partial charge in [0.1, 0.15) is 17.0 Å². The molecule has 5 rings (SSSR count). The molecule has 0 radical (unpaired) electrons. The monoisotopic (exact) mass is 551 g/mol. The fraction of sp³-hybridized carbons (Fsp3) is 0.481. The van der Waals surface area contributed by atoms with Crippen LogP contribution >= 0.6 is 23.2 Å². The summed E-state index contributed by atoms with van der Waals surface area (Å²) in [7, 11) is 0. The highest BCUT2D eigenvalue weighted by molar-refractivity contribution is 6.31. The van der Waals surface area contributed by atoms with Crippen molar-refractivity contribution in [3.05, 3.63) is 63.1 Å². The van der Waals surface area contributed by atoms with Crippen LogP contribution in [-0.4, -0.2) is 41.2 Å². The van der Waals surface area contributed by atoms with Crippen molar-refractivity contribution in [1.29, 1.82) is 0 Å². The van der Waals surface area contributed by atoms with Crippen molar-refractivity contribution in [3.63, 3.8) is 0 Å². The van der Waals surface area contributed by atoms with Crippen LogP contribution in [0.2, 0.25) is 10.0 Å². The van der Waals surface area contributed by atoms with Crippen LogP contribution in [-0.2, 0) is 15.0 Å². The standard InChI is InChI=1S/C27H29Cl2F2N3O3/c1-26(2,3)11-21-27(15-9-19(31)17(29)10-20(15)33-25(27)37)22(12-4-5-18(30)16(28)6-12)23(34-21)24(36)32-13-7-14(35)8-13/h4-6,9-10,13-14,21-23,34-35H,7-8,11H2,1-3H3,(H,32,36)(H,33,37)/t13-,14-,21-,22+,23-,27+/m1/s1. The Bertz CT molecular complexity index is 1280. The van der Waals surface area contributed by atoms with E-state index >= 15 is 0 Å². The minimum absolute atomic E-state index is 0.131. The van der Waals surface area contributed by atoms with E-state index in [0.717, 1.165) is 0 Å². The lowest BCUT2D eigenvalue weighted by molar-refractivity contribution is -0.125. The number of nitrogens with one attached hydrogen (secondary N) is 3. The van der Waals surface area contributed by atoms with Crippen LogP contribution in [0.1, 0.15) is 57.1 Å². The lowest BCUT2D eigenvalue weighted by Crippen LogP contribution is -2.53. The smallest absolute Gasteiger partial charge is 0.238 e. The number of aliphatic hydroxyl groups excluding tert-OH is 1. The van der Waals surface area contributed by atoms with E-state index < -0.39 is 47.1 Å². The average molecular weight is 552 g/mol. The highest BCUT2D eigenvalue weighted by Crippen LogP contribution is 2.57. The maximum atomic E-state index is 14.9. The highest BCUT2D eigenvalue weighted by Gasteiger charge is 2.66. The van der Waals surface area contributed by atoms with Crippen molar-refractivity contribution in [2.45, 2.75) is 75.6 Å². The third-order valence-electron chi connectivity index (χ3n) is 7.75. The number of anilines is 1. The number of hydrogen-bond acceptors (Lipinski definition) is 4. The van der Waals surface area contributed by atoms with Crippen molar-refractivity contribution >= 4 is 40.7 Å². The summed E-state index contributed by atoms with van der Waals surface area (Å²) in [6.45, 7) is 6.06. The van der Waals surface area contributed by atoms with Gasteiger partial charge >= 0.3 is 0 Å². The summed E-state index contributed by atoms with van der Waals surface area (Å²) in [5.74, 6) is -2.91. The number of amides is 2. The van der Waals surface area contributed by atoms with Crippen LogP contribution in [0.4, 0.5) is 14.5 Å². The van der Waals surface area contributed by atoms with Gasteiger partial charge in [-0.25, -0.2) is 8.78 Å². The Kier molecular flexibility index (Phi) is 6.54. The Morgan fingerprint density at radius 2 is 1.81 bits per heavy atom. The molecule has 1 aliphatic carbocycles. The molecule has 0 bridgehead atoms. The Hall–Kier alpha value is -2.26. The predicted octanol–water partition coefficient (Wildman–Crippen LogP) is 4.66. The summed E-state index contributed by atoms with van der Waals surface area (Å²) < 4.78 is 29.1. The molecule has 37 heavy (non-hydrogen) atoms. The van der Waals surface area contributed by atoms with Crippen LogP contribution in [0, 0.1) is 17.0 Å². The summed E-state index contributed by atoms with van der Waals surface area (Å²) >= 11 is 12.2. The third-order valence-corrected chi connectivity index (χ3v) is 8.32. The molecule has 1 spiro atoms. The number of hydrogen-bond donors (Lipinski definition) is 4. The van der Waals surface area contributed by atoms with Gasteiger partial charge in [0.05, 0.1) is 22.2 Å². The lowest BCUT2D eigenvalue weighted by Gasteiger charge is -2.38. The van der Waals surface area contributed by atoms with Crippen molar-refractivity contribution in [1.82, 2.24) is 10.6 Å². The second kappa shape index (κ2) is 9.19. The van der Waals surface area contributed by atoms with Crippen molar-refractivity contribution in [2.24, 2.45) is 5.41 Å². The molecule has 2 aromatic carbocycles. The van der Waals surface area contributed by atoms with E-state index in [4.69, 9.17) is 23.2 Å². The lowest BCUT2D eigenvalue weighted by atomic mass is 9.62. The molecular weight excluding hydrogens is 523 g/mol. The molecule has 4 atom stereocenters. The van der Waals surface area contributed by atoms with Gasteiger partial charge in [0, 0.05) is 23.7 Å². The second-order valence-electron chi connectivity index (χ2n) is 11.6. The predicted molar refractivity (Wildman–Crippen MR) is 138 cm³/mol. The Labute approximate surface area is 224 Å². The number of benzene rings is 2. The first-order chi connectivity index (χ1) is 17.3. The molecule has 6 nitrogen and oxygen atoms in total. The van der Waals surface area contributed by atoms with Crippen molar-refractivity contribution in [2.75, 3.05) is 5.32 Å². The molecule has 2 aliphatic heterocycles. The zero-order valence-electron chi connectivity index (χ0n) is 20.7. The number of aliphatic hydroxyl groups is 1. The molecule has 10 heteroatoms. The fourth-order valence-electron chi connectivity index (χ4n) is 6.14. The summed E-state index contributed by atoms with van der Waals surface area (Å²) in [6, 6.07) is 5.09. The normalized spacial score (nSPS) is 30.7. The molecule has 2 aromatic rings. The fourth-order valence-corrected chi connectivity index (χ4v) is 6.49. The molecule has 2 fully saturated rings. The van der Waals surface area contributed by atoms with Gasteiger partial charge < -0.3 is 21.1 Å². The van der Waals surface area contributed by atoms with Crippen molar-refractivity contribution < 1.29 is 23.5 Å². The van der Waals surface area contributed by atoms with E-state index in [-0.39, 0.29) is 27.4 Å². The molecule has 1 saturated heterocycles. The van der Waals surface area contributed by atoms with Crippen molar-refractivity contribution in [3.8, 4) is 0 Å². The van der Waals surface area contributed by atoms with Gasteiger partial charge in [0.25, 0.3) is 0 Å². The first-order valence-electron chi connectivity index (χ1n) is 12.3. The van der Waals surface area contributed by atoms with Crippen LogP contribution < -0.4 is 16.0 Å². The summed E-state index contributed by atoms with van der Waals surface area (Å²) in [6.07, 6.45) is 0.889. The number of rotatable bonds is 4. The van der Waals surface area contributed by atoms with Crippen LogP contribution in [0.25, 0.3) is 0 Å². The zero-order chi connectivity index (χ0) is 26.9. The SMILES string of the molecule is CC(C)(C)C[C@H]1N[C@@H](C(=O)N[C@H]2C[C@H](O)C2)[C@H](c2ccc(F)c(Cl)c2)[C@@]12C(=O)Nc1cc(Cl)c(F)cc12. The zero-order valence-corrected chi connectivity index (χ0v) is 22.2. The molecule has 2 heterocycles. The Balaban J connectivity index is 1.71. The van der Waals surface area contributed by atoms with E-state index in [0.29, 0.717) is 36.1 Å². The summed E-state index contributed by atoms with van der Waals surface area (Å²) in [5, 5.41) is 18.7. The van der Waals surface area contributed by atoms with Gasteiger partial charge in [-0.3, -0.25) is 9.59 Å². The number of fused-ring (bicyclic) bond motifs is 2. The summed E-state index contributed by atoms with van der Waals surface area (Å²) in [5.41, 5.74) is -0.439. The van der Waals surface area contributed by atoms with Gasteiger partial charge in [-0.05, 0) is 60.1 Å². The van der Waals surface area contributed by atoms with E-state index in [1.807, 2.05) is 20.8 Å². The van der Waals surface area contributed by atoms with Gasteiger partial charge in [0.15, 0.2) is 0 Å². The highest BCUT2D eigenvalue weighted by atomic mass is 35.5. The number of carbonyl (C=O) groups excluding carboxylic acids is 2. The number of carbonyl (C=O) groups is 2. The topological polar surface area (TPSA) is 90.5 Å². The van der Waals surface area contributed by atoms with Gasteiger partial charge in [-0.2, -0.15) is 0 Å². The van der Waals surface area contributed by atoms with E-state index in [1.54, 1.807) is 0 Å². The summed E-state index contributed by atoms with van der Waals surface area (Å²) in [4.78, 5) is 27.7. The molecular formula is C27H29Cl2F2N3O3.